The quantitative estimate of drug-likeness (QED) is 0.454. The Bertz CT molecular complexity index is 935. The van der Waals surface area contributed by atoms with E-state index in [1.807, 2.05) is 12.5 Å². The fourth-order valence-electron chi connectivity index (χ4n) is 2.74. The summed E-state index contributed by atoms with van der Waals surface area (Å²) in [5.74, 6) is 0.456. The topological polar surface area (TPSA) is 52.8 Å². The minimum atomic E-state index is -4.70. The first kappa shape index (κ1) is 17.8. The van der Waals surface area contributed by atoms with Crippen LogP contribution >= 0.6 is 11.8 Å². The molecule has 27 heavy (non-hydrogen) atoms. The van der Waals surface area contributed by atoms with Crippen molar-refractivity contribution in [3.8, 4) is 28.4 Å². The smallest absolute Gasteiger partial charge is 0.406 e. The van der Waals surface area contributed by atoms with Crippen LogP contribution in [0.5, 0.6) is 5.75 Å². The molecule has 0 aliphatic heterocycles. The van der Waals surface area contributed by atoms with Gasteiger partial charge in [0.05, 0.1) is 5.69 Å². The minimum absolute atomic E-state index is 0.253. The molecule has 4 rings (SSSR count). The normalized spacial score (nSPS) is 14.4. The Labute approximate surface area is 157 Å². The van der Waals surface area contributed by atoms with Crippen LogP contribution in [-0.4, -0.2) is 32.1 Å². The van der Waals surface area contributed by atoms with Gasteiger partial charge in [-0.15, -0.1) is 13.2 Å². The summed E-state index contributed by atoms with van der Waals surface area (Å²) in [5, 5.41) is 0.681. The number of hydrogen-bond acceptors (Lipinski definition) is 5. The molecule has 0 atom stereocenters. The monoisotopic (exact) mass is 392 g/mol. The zero-order valence-corrected chi connectivity index (χ0v) is 15.1. The average molecular weight is 392 g/mol. The Balaban J connectivity index is 1.66. The molecule has 1 saturated carbocycles. The molecular formula is C18H15F3N4OS. The highest BCUT2D eigenvalue weighted by Gasteiger charge is 2.31. The van der Waals surface area contributed by atoms with E-state index in [0.29, 0.717) is 17.0 Å². The number of halogens is 3. The van der Waals surface area contributed by atoms with E-state index < -0.39 is 6.36 Å². The highest BCUT2D eigenvalue weighted by atomic mass is 32.2. The molecule has 0 saturated heterocycles. The third kappa shape index (κ3) is 4.08. The molecule has 2 aromatic heterocycles. The first-order chi connectivity index (χ1) is 12.9. The Morgan fingerprint density at radius 1 is 1.07 bits per heavy atom. The molecule has 1 aliphatic carbocycles. The van der Waals surface area contributed by atoms with E-state index in [-0.39, 0.29) is 5.75 Å². The van der Waals surface area contributed by atoms with E-state index >= 15 is 0 Å². The van der Waals surface area contributed by atoms with Gasteiger partial charge in [-0.3, -0.25) is 0 Å². The molecule has 0 unspecified atom stereocenters. The zero-order valence-electron chi connectivity index (χ0n) is 14.3. The van der Waals surface area contributed by atoms with E-state index in [9.17, 15) is 13.2 Å². The molecular weight excluding hydrogens is 377 g/mol. The lowest BCUT2D eigenvalue weighted by molar-refractivity contribution is -0.274. The van der Waals surface area contributed by atoms with Gasteiger partial charge in [-0.2, -0.15) is 0 Å². The lowest BCUT2D eigenvalue weighted by atomic mass is 10.2. The SMILES string of the molecule is CSc1ncc(-c2cn(C3CC3)c(-c3ccc(OC(F)(F)F)cc3)n2)cn1. The number of imidazole rings is 1. The number of ether oxygens (including phenoxy) is 1. The van der Waals surface area contributed by atoms with Gasteiger partial charge in [0, 0.05) is 35.8 Å². The van der Waals surface area contributed by atoms with Gasteiger partial charge < -0.3 is 9.30 Å². The van der Waals surface area contributed by atoms with Crippen molar-refractivity contribution in [3.05, 3.63) is 42.9 Å². The fourth-order valence-corrected chi connectivity index (χ4v) is 3.05. The summed E-state index contributed by atoms with van der Waals surface area (Å²) in [5.41, 5.74) is 2.26. The highest BCUT2D eigenvalue weighted by molar-refractivity contribution is 7.98. The summed E-state index contributed by atoms with van der Waals surface area (Å²) in [7, 11) is 0. The maximum atomic E-state index is 12.3. The average Bonchev–Trinajstić information content (AvgIpc) is 3.40. The van der Waals surface area contributed by atoms with Crippen molar-refractivity contribution in [2.45, 2.75) is 30.4 Å². The second-order valence-corrected chi connectivity index (χ2v) is 6.89. The Kier molecular flexibility index (Phi) is 4.55. The van der Waals surface area contributed by atoms with Crippen LogP contribution in [0, 0.1) is 0 Å². The van der Waals surface area contributed by atoms with Gasteiger partial charge in [-0.05, 0) is 43.4 Å². The van der Waals surface area contributed by atoms with Gasteiger partial charge in [0.2, 0.25) is 0 Å². The lowest BCUT2D eigenvalue weighted by Crippen LogP contribution is -2.16. The predicted octanol–water partition coefficient (Wildman–Crippen LogP) is 4.96. The van der Waals surface area contributed by atoms with Crippen molar-refractivity contribution in [2.24, 2.45) is 0 Å². The number of rotatable bonds is 5. The molecule has 2 heterocycles. The van der Waals surface area contributed by atoms with Crippen LogP contribution in [-0.2, 0) is 0 Å². The molecule has 0 amide bonds. The molecule has 1 aromatic carbocycles. The van der Waals surface area contributed by atoms with Crippen LogP contribution in [0.1, 0.15) is 18.9 Å². The van der Waals surface area contributed by atoms with Gasteiger partial charge in [0.15, 0.2) is 5.16 Å². The number of aromatic nitrogens is 4. The number of thioether (sulfide) groups is 1. The number of nitrogens with zero attached hydrogens (tertiary/aromatic N) is 4. The first-order valence-corrected chi connectivity index (χ1v) is 9.47. The van der Waals surface area contributed by atoms with Crippen LogP contribution < -0.4 is 4.74 Å². The van der Waals surface area contributed by atoms with Gasteiger partial charge in [-0.25, -0.2) is 15.0 Å². The molecule has 0 bridgehead atoms. The highest BCUT2D eigenvalue weighted by Crippen LogP contribution is 2.40. The van der Waals surface area contributed by atoms with Crippen LogP contribution in [0.4, 0.5) is 13.2 Å². The summed E-state index contributed by atoms with van der Waals surface area (Å²) in [6, 6.07) is 6.12. The van der Waals surface area contributed by atoms with E-state index in [1.54, 1.807) is 24.5 Å². The fraction of sp³-hybridized carbons (Fsp3) is 0.278. The summed E-state index contributed by atoms with van der Waals surface area (Å²) in [6.07, 6.45) is 4.71. The largest absolute Gasteiger partial charge is 0.573 e. The van der Waals surface area contributed by atoms with Crippen LogP contribution in [0.2, 0.25) is 0 Å². The van der Waals surface area contributed by atoms with Crippen molar-refractivity contribution < 1.29 is 17.9 Å². The van der Waals surface area contributed by atoms with Gasteiger partial charge >= 0.3 is 6.36 Å². The molecule has 1 fully saturated rings. The first-order valence-electron chi connectivity index (χ1n) is 8.24. The molecule has 1 aliphatic rings. The molecule has 5 nitrogen and oxygen atoms in total. The Morgan fingerprint density at radius 3 is 2.30 bits per heavy atom. The van der Waals surface area contributed by atoms with Crippen molar-refractivity contribution in [3.63, 3.8) is 0 Å². The molecule has 3 aromatic rings. The zero-order chi connectivity index (χ0) is 19.0. The molecule has 0 radical (unpaired) electrons. The van der Waals surface area contributed by atoms with E-state index in [0.717, 1.165) is 29.7 Å². The van der Waals surface area contributed by atoms with Crippen molar-refractivity contribution in [1.82, 2.24) is 19.5 Å². The van der Waals surface area contributed by atoms with Crippen molar-refractivity contribution in [1.29, 1.82) is 0 Å². The van der Waals surface area contributed by atoms with Gasteiger partial charge in [0.25, 0.3) is 0 Å². The second-order valence-electron chi connectivity index (χ2n) is 6.12. The lowest BCUT2D eigenvalue weighted by Gasteiger charge is -2.10. The second kappa shape index (κ2) is 6.88. The third-order valence-corrected chi connectivity index (χ3v) is 4.70. The predicted molar refractivity (Wildman–Crippen MR) is 95.4 cm³/mol. The van der Waals surface area contributed by atoms with E-state index in [1.165, 1.54) is 23.9 Å². The molecule has 0 spiro atoms. The maximum absolute atomic E-state index is 12.3. The Morgan fingerprint density at radius 2 is 1.74 bits per heavy atom. The molecule has 0 N–H and O–H groups in total. The van der Waals surface area contributed by atoms with Crippen molar-refractivity contribution >= 4 is 11.8 Å². The number of benzene rings is 1. The van der Waals surface area contributed by atoms with Crippen molar-refractivity contribution in [2.75, 3.05) is 6.26 Å². The number of hydrogen-bond donors (Lipinski definition) is 0. The minimum Gasteiger partial charge on any atom is -0.406 e. The third-order valence-electron chi connectivity index (χ3n) is 4.13. The van der Waals surface area contributed by atoms with Crippen LogP contribution in [0.15, 0.2) is 48.0 Å². The standard InChI is InChI=1S/C18H15F3N4OS/c1-27-17-22-8-12(9-23-17)15-10-25(13-4-5-13)16(24-15)11-2-6-14(7-3-11)26-18(19,20)21/h2-3,6-10,13H,4-5H2,1H3. The van der Waals surface area contributed by atoms with Gasteiger partial charge in [-0.1, -0.05) is 11.8 Å². The van der Waals surface area contributed by atoms with E-state index in [4.69, 9.17) is 0 Å². The molecule has 140 valence electrons. The number of alkyl halides is 3. The summed E-state index contributed by atoms with van der Waals surface area (Å²) in [4.78, 5) is 13.2. The maximum Gasteiger partial charge on any atom is 0.573 e. The van der Waals surface area contributed by atoms with E-state index in [2.05, 4.69) is 24.3 Å². The summed E-state index contributed by atoms with van der Waals surface area (Å²) >= 11 is 1.46. The van der Waals surface area contributed by atoms with Crippen LogP contribution in [0.3, 0.4) is 0 Å². The van der Waals surface area contributed by atoms with Crippen LogP contribution in [0.25, 0.3) is 22.6 Å². The molecule has 9 heteroatoms. The summed E-state index contributed by atoms with van der Waals surface area (Å²) < 4.78 is 43.0. The Hall–Kier alpha value is -2.55. The summed E-state index contributed by atoms with van der Waals surface area (Å²) in [6.45, 7) is 0. The van der Waals surface area contributed by atoms with Gasteiger partial charge in [0.1, 0.15) is 11.6 Å².